The smallest absolute Gasteiger partial charge is 0.408 e. The van der Waals surface area contributed by atoms with Crippen LogP contribution in [0.4, 0.5) is 5.00 Å². The third-order valence-corrected chi connectivity index (χ3v) is 8.37. The Morgan fingerprint density at radius 3 is 2.88 bits per heavy atom. The summed E-state index contributed by atoms with van der Waals surface area (Å²) >= 11 is 3.30. The predicted octanol–water partition coefficient (Wildman–Crippen LogP) is 5.70. The van der Waals surface area contributed by atoms with Gasteiger partial charge in [0.1, 0.15) is 16.6 Å². The summed E-state index contributed by atoms with van der Waals surface area (Å²) in [6.07, 6.45) is 3.13. The van der Waals surface area contributed by atoms with E-state index >= 15 is 0 Å². The van der Waals surface area contributed by atoms with Crippen LogP contribution in [0.2, 0.25) is 0 Å². The fourth-order valence-electron chi connectivity index (χ4n) is 4.52. The van der Waals surface area contributed by atoms with Gasteiger partial charge in [0.25, 0.3) is 0 Å². The van der Waals surface area contributed by atoms with Crippen LogP contribution in [0.1, 0.15) is 23.8 Å². The number of nitrogens with one attached hydrogen (secondary N) is 1. The van der Waals surface area contributed by atoms with Gasteiger partial charge in [-0.2, -0.15) is 0 Å². The molecule has 1 unspecified atom stereocenters. The zero-order chi connectivity index (χ0) is 22.5. The largest absolute Gasteiger partial charge is 0.420 e. The molecule has 8 heteroatoms. The molecule has 1 aliphatic carbocycles. The van der Waals surface area contributed by atoms with Crippen LogP contribution in [0.25, 0.3) is 31.9 Å². The highest BCUT2D eigenvalue weighted by Gasteiger charge is 2.27. The molecule has 1 aliphatic rings. The highest BCUT2D eigenvalue weighted by atomic mass is 32.1. The minimum Gasteiger partial charge on any atom is -0.408 e. The van der Waals surface area contributed by atoms with Gasteiger partial charge in [-0.3, -0.25) is 9.36 Å². The maximum atomic E-state index is 13.1. The quantitative estimate of drug-likeness (QED) is 0.362. The van der Waals surface area contributed by atoms with Gasteiger partial charge in [0.2, 0.25) is 5.91 Å². The Bertz CT molecular complexity index is 1540. The van der Waals surface area contributed by atoms with Gasteiger partial charge in [-0.25, -0.2) is 9.78 Å². The molecule has 2 aromatic carbocycles. The zero-order valence-corrected chi connectivity index (χ0v) is 19.6. The van der Waals surface area contributed by atoms with E-state index in [-0.39, 0.29) is 12.5 Å². The molecule has 0 fully saturated rings. The van der Waals surface area contributed by atoms with Crippen LogP contribution < -0.4 is 11.1 Å². The Kier molecular flexibility index (Phi) is 4.92. The Morgan fingerprint density at radius 1 is 1.18 bits per heavy atom. The highest BCUT2D eigenvalue weighted by Crippen LogP contribution is 2.47. The van der Waals surface area contributed by atoms with Crippen LogP contribution in [0.5, 0.6) is 0 Å². The number of para-hydroxylation sites is 3. The molecule has 1 amide bonds. The van der Waals surface area contributed by atoms with Crippen molar-refractivity contribution in [2.75, 3.05) is 5.32 Å². The van der Waals surface area contributed by atoms with Crippen molar-refractivity contribution >= 4 is 54.9 Å². The molecular formula is C25H21N3O3S2. The minimum absolute atomic E-state index is 0.103. The number of benzene rings is 2. The molecular weight excluding hydrogens is 454 g/mol. The molecule has 0 spiro atoms. The van der Waals surface area contributed by atoms with Crippen LogP contribution in [0.15, 0.2) is 57.7 Å². The van der Waals surface area contributed by atoms with Crippen molar-refractivity contribution in [2.24, 2.45) is 5.92 Å². The Morgan fingerprint density at radius 2 is 2.00 bits per heavy atom. The summed E-state index contributed by atoms with van der Waals surface area (Å²) in [7, 11) is 0. The third kappa shape index (κ3) is 3.59. The average Bonchev–Trinajstić information content (AvgIpc) is 3.46. The number of anilines is 1. The van der Waals surface area contributed by atoms with E-state index in [2.05, 4.69) is 18.3 Å². The van der Waals surface area contributed by atoms with E-state index < -0.39 is 5.76 Å². The maximum absolute atomic E-state index is 13.1. The molecule has 3 heterocycles. The first-order valence-corrected chi connectivity index (χ1v) is 12.6. The number of nitrogens with zero attached hydrogens (tertiary/aromatic N) is 2. The number of thiazole rings is 1. The number of fused-ring (bicyclic) bond motifs is 3. The lowest BCUT2D eigenvalue weighted by molar-refractivity contribution is -0.116. The number of carbonyl (C=O) groups excluding carboxylic acids is 1. The summed E-state index contributed by atoms with van der Waals surface area (Å²) < 4.78 is 7.78. The number of oxazole rings is 1. The average molecular weight is 476 g/mol. The monoisotopic (exact) mass is 475 g/mol. The van der Waals surface area contributed by atoms with Crippen molar-refractivity contribution in [2.45, 2.75) is 32.7 Å². The van der Waals surface area contributed by atoms with E-state index in [1.165, 1.54) is 15.0 Å². The van der Waals surface area contributed by atoms with Crippen LogP contribution in [-0.4, -0.2) is 15.5 Å². The standard InChI is InChI=1S/C25H21N3O3S2/c1-14-10-11-15-20(12-14)33-24(22(15)23-26-16-6-2-5-9-19(16)32-23)27-21(29)13-28-17-7-3-4-8-18(17)31-25(28)30/h2-9,14H,10-13H2,1H3,(H,27,29). The lowest BCUT2D eigenvalue weighted by Gasteiger charge is -2.18. The first kappa shape index (κ1) is 20.4. The molecule has 1 atom stereocenters. The van der Waals surface area contributed by atoms with Crippen LogP contribution in [-0.2, 0) is 24.2 Å². The number of hydrogen-bond donors (Lipinski definition) is 1. The van der Waals surface area contributed by atoms with Crippen LogP contribution >= 0.6 is 22.7 Å². The number of aromatic nitrogens is 2. The fraction of sp³-hybridized carbons (Fsp3) is 0.240. The number of rotatable bonds is 4. The maximum Gasteiger partial charge on any atom is 0.420 e. The summed E-state index contributed by atoms with van der Waals surface area (Å²) in [6.45, 7) is 2.17. The van der Waals surface area contributed by atoms with Crippen LogP contribution in [0.3, 0.4) is 0 Å². The fourth-order valence-corrected chi connectivity index (χ4v) is 7.06. The van der Waals surface area contributed by atoms with Gasteiger partial charge in [-0.05, 0) is 55.0 Å². The van der Waals surface area contributed by atoms with Crippen LogP contribution in [0, 0.1) is 5.92 Å². The van der Waals surface area contributed by atoms with Crippen molar-refractivity contribution in [1.29, 1.82) is 0 Å². The first-order chi connectivity index (χ1) is 16.1. The second-order valence-corrected chi connectivity index (χ2v) is 10.6. The van der Waals surface area contributed by atoms with Gasteiger partial charge in [0, 0.05) is 10.4 Å². The third-order valence-electron chi connectivity index (χ3n) is 6.15. The van der Waals surface area contributed by atoms with Gasteiger partial charge in [-0.15, -0.1) is 22.7 Å². The SMILES string of the molecule is CC1CCc2c(sc(NC(=O)Cn3c(=O)oc4ccccc43)c2-c2nc3ccccc3s2)C1. The van der Waals surface area contributed by atoms with Crippen molar-refractivity contribution in [3.63, 3.8) is 0 Å². The lowest BCUT2D eigenvalue weighted by Crippen LogP contribution is -2.24. The topological polar surface area (TPSA) is 77.1 Å². The normalized spacial score (nSPS) is 15.7. The summed E-state index contributed by atoms with van der Waals surface area (Å²) in [5.74, 6) is -0.159. The molecule has 166 valence electrons. The first-order valence-electron chi connectivity index (χ1n) is 11.0. The molecule has 0 bridgehead atoms. The molecule has 1 N–H and O–H groups in total. The number of carbonyl (C=O) groups is 1. The van der Waals surface area contributed by atoms with Gasteiger partial charge in [0.05, 0.1) is 15.7 Å². The number of amides is 1. The van der Waals surface area contributed by atoms with Gasteiger partial charge < -0.3 is 9.73 Å². The predicted molar refractivity (Wildman–Crippen MR) is 133 cm³/mol. The zero-order valence-electron chi connectivity index (χ0n) is 18.0. The molecule has 0 radical (unpaired) electrons. The van der Waals surface area contributed by atoms with E-state index in [0.29, 0.717) is 17.0 Å². The van der Waals surface area contributed by atoms with E-state index in [0.717, 1.165) is 45.1 Å². The number of thiophene rings is 1. The second kappa shape index (κ2) is 7.97. The molecule has 0 saturated carbocycles. The van der Waals surface area contributed by atoms with Crippen molar-refractivity contribution in [3.8, 4) is 10.6 Å². The molecule has 6 rings (SSSR count). The van der Waals surface area contributed by atoms with E-state index in [4.69, 9.17) is 9.40 Å². The molecule has 3 aromatic heterocycles. The lowest BCUT2D eigenvalue weighted by atomic mass is 9.88. The second-order valence-electron chi connectivity index (χ2n) is 8.51. The summed E-state index contributed by atoms with van der Waals surface area (Å²) in [6, 6.07) is 15.2. The number of hydrogen-bond acceptors (Lipinski definition) is 6. The Labute approximate surface area is 197 Å². The summed E-state index contributed by atoms with van der Waals surface area (Å²) in [4.78, 5) is 31.6. The van der Waals surface area contributed by atoms with Crippen molar-refractivity contribution in [3.05, 3.63) is 69.5 Å². The van der Waals surface area contributed by atoms with Crippen molar-refractivity contribution in [1.82, 2.24) is 9.55 Å². The van der Waals surface area contributed by atoms with E-state index in [1.54, 1.807) is 40.9 Å². The molecule has 5 aromatic rings. The molecule has 0 aliphatic heterocycles. The van der Waals surface area contributed by atoms with Gasteiger partial charge in [0.15, 0.2) is 5.58 Å². The molecule has 33 heavy (non-hydrogen) atoms. The van der Waals surface area contributed by atoms with Gasteiger partial charge >= 0.3 is 5.76 Å². The Balaban J connectivity index is 1.38. The molecule has 6 nitrogen and oxygen atoms in total. The summed E-state index contributed by atoms with van der Waals surface area (Å²) in [5, 5.41) is 4.85. The Hall–Kier alpha value is -3.23. The van der Waals surface area contributed by atoms with Crippen molar-refractivity contribution < 1.29 is 9.21 Å². The molecule has 0 saturated heterocycles. The minimum atomic E-state index is -0.531. The van der Waals surface area contributed by atoms with Gasteiger partial charge in [-0.1, -0.05) is 31.2 Å². The summed E-state index contributed by atoms with van der Waals surface area (Å²) in [5.41, 5.74) is 4.41. The van der Waals surface area contributed by atoms with E-state index in [9.17, 15) is 9.59 Å². The van der Waals surface area contributed by atoms with E-state index in [1.807, 2.05) is 24.3 Å². The highest BCUT2D eigenvalue weighted by molar-refractivity contribution is 7.22.